The lowest BCUT2D eigenvalue weighted by Gasteiger charge is -2.27. The third-order valence-electron chi connectivity index (χ3n) is 6.19. The molecule has 0 saturated heterocycles. The molecule has 3 aromatic carbocycles. The maximum Gasteiger partial charge on any atom is 0.289 e. The number of carbonyl (C=O) groups excluding carboxylic acids is 1. The molecule has 0 spiro atoms. The van der Waals surface area contributed by atoms with E-state index in [1.807, 2.05) is 73.7 Å². The summed E-state index contributed by atoms with van der Waals surface area (Å²) in [5.74, 6) is 1.41. The molecule has 0 radical (unpaired) electrons. The minimum atomic E-state index is -0.401. The number of hydrogen-bond donors (Lipinski definition) is 1. The number of hydrogen-bond acceptors (Lipinski definition) is 5. The smallest absolute Gasteiger partial charge is 0.289 e. The van der Waals surface area contributed by atoms with Crippen LogP contribution in [0.15, 0.2) is 72.5 Å². The van der Waals surface area contributed by atoms with E-state index in [4.69, 9.17) is 14.2 Å². The quantitative estimate of drug-likeness (QED) is 0.507. The molecule has 6 heteroatoms. The van der Waals surface area contributed by atoms with Crippen LogP contribution in [0.5, 0.6) is 17.2 Å². The Balaban J connectivity index is 1.68. The summed E-state index contributed by atoms with van der Waals surface area (Å²) in [4.78, 5) is 15.0. The number of benzene rings is 3. The van der Waals surface area contributed by atoms with Gasteiger partial charge in [0.2, 0.25) is 0 Å². The Hall–Kier alpha value is -3.93. The Morgan fingerprint density at radius 1 is 0.853 bits per heavy atom. The van der Waals surface area contributed by atoms with Gasteiger partial charge in [-0.2, -0.15) is 0 Å². The van der Waals surface area contributed by atoms with Gasteiger partial charge in [0.15, 0.2) is 17.3 Å². The number of aliphatic hydroxyl groups is 1. The Labute approximate surface area is 200 Å². The monoisotopic (exact) mass is 459 g/mol. The predicted molar refractivity (Wildman–Crippen MR) is 131 cm³/mol. The Morgan fingerprint density at radius 3 is 2.15 bits per heavy atom. The van der Waals surface area contributed by atoms with Gasteiger partial charge >= 0.3 is 0 Å². The molecule has 0 bridgehead atoms. The largest absolute Gasteiger partial charge is 0.503 e. The van der Waals surface area contributed by atoms with Crippen LogP contribution in [0.3, 0.4) is 0 Å². The lowest BCUT2D eigenvalue weighted by molar-refractivity contribution is -0.129. The van der Waals surface area contributed by atoms with Crippen LogP contribution in [-0.2, 0) is 11.2 Å². The molecule has 0 aromatic heterocycles. The normalized spacial score (nSPS) is 15.6. The van der Waals surface area contributed by atoms with Crippen LogP contribution in [-0.4, -0.2) is 43.8 Å². The molecule has 4 rings (SSSR count). The molecule has 1 aliphatic heterocycles. The van der Waals surface area contributed by atoms with Gasteiger partial charge in [-0.25, -0.2) is 0 Å². The lowest BCUT2D eigenvalue weighted by atomic mass is 9.93. The van der Waals surface area contributed by atoms with Gasteiger partial charge in [0, 0.05) is 12.1 Å². The van der Waals surface area contributed by atoms with Gasteiger partial charge in [-0.3, -0.25) is 4.79 Å². The van der Waals surface area contributed by atoms with Gasteiger partial charge in [-0.15, -0.1) is 0 Å². The molecule has 1 heterocycles. The van der Waals surface area contributed by atoms with Crippen molar-refractivity contribution in [1.29, 1.82) is 0 Å². The number of ether oxygens (including phenoxy) is 3. The molecule has 1 N–H and O–H groups in total. The second-order valence-electron chi connectivity index (χ2n) is 8.24. The first-order valence-corrected chi connectivity index (χ1v) is 11.1. The summed E-state index contributed by atoms with van der Waals surface area (Å²) >= 11 is 0. The van der Waals surface area contributed by atoms with E-state index in [1.165, 1.54) is 0 Å². The van der Waals surface area contributed by atoms with E-state index in [2.05, 4.69) is 0 Å². The average Bonchev–Trinajstić information content (AvgIpc) is 3.12. The zero-order valence-electron chi connectivity index (χ0n) is 19.9. The van der Waals surface area contributed by atoms with E-state index in [9.17, 15) is 9.90 Å². The van der Waals surface area contributed by atoms with Gasteiger partial charge in [0.1, 0.15) is 5.75 Å². The molecule has 1 atom stereocenters. The molecule has 0 saturated carbocycles. The third kappa shape index (κ3) is 4.44. The Morgan fingerprint density at radius 2 is 1.53 bits per heavy atom. The van der Waals surface area contributed by atoms with Crippen molar-refractivity contribution in [3.05, 3.63) is 94.7 Å². The van der Waals surface area contributed by atoms with Crippen LogP contribution in [0.2, 0.25) is 0 Å². The van der Waals surface area contributed by atoms with Gasteiger partial charge in [0.05, 0.1) is 27.4 Å². The molecule has 1 amide bonds. The van der Waals surface area contributed by atoms with Crippen LogP contribution >= 0.6 is 0 Å². The minimum absolute atomic E-state index is 0.219. The number of rotatable bonds is 8. The number of methoxy groups -OCH3 is 3. The number of carbonyl (C=O) groups is 1. The lowest BCUT2D eigenvalue weighted by Crippen LogP contribution is -2.32. The zero-order valence-corrected chi connectivity index (χ0v) is 19.9. The highest BCUT2D eigenvalue weighted by Crippen LogP contribution is 2.43. The van der Waals surface area contributed by atoms with Crippen molar-refractivity contribution in [3.8, 4) is 17.2 Å². The first-order valence-electron chi connectivity index (χ1n) is 11.1. The topological polar surface area (TPSA) is 68.2 Å². The maximum atomic E-state index is 13.3. The fraction of sp³-hybridized carbons (Fsp3) is 0.250. The van der Waals surface area contributed by atoms with Crippen LogP contribution in [0, 0.1) is 6.92 Å². The van der Waals surface area contributed by atoms with Gasteiger partial charge in [-0.05, 0) is 54.3 Å². The number of aliphatic hydroxyl groups excluding tert-OH is 1. The second-order valence-corrected chi connectivity index (χ2v) is 8.24. The van der Waals surface area contributed by atoms with E-state index in [-0.39, 0.29) is 11.7 Å². The van der Waals surface area contributed by atoms with Gasteiger partial charge in [-0.1, -0.05) is 48.0 Å². The summed E-state index contributed by atoms with van der Waals surface area (Å²) in [7, 11) is 4.81. The summed E-state index contributed by atoms with van der Waals surface area (Å²) in [6.07, 6.45) is 0.595. The highest BCUT2D eigenvalue weighted by Gasteiger charge is 2.40. The molecular weight excluding hydrogens is 430 g/mol. The van der Waals surface area contributed by atoms with E-state index in [0.29, 0.717) is 35.8 Å². The van der Waals surface area contributed by atoms with E-state index in [1.54, 1.807) is 26.2 Å². The molecule has 0 fully saturated rings. The van der Waals surface area contributed by atoms with Crippen LogP contribution in [0.25, 0.3) is 5.57 Å². The van der Waals surface area contributed by atoms with Crippen molar-refractivity contribution in [2.75, 3.05) is 27.9 Å². The van der Waals surface area contributed by atoms with Crippen molar-refractivity contribution >= 4 is 11.5 Å². The second kappa shape index (κ2) is 9.91. The van der Waals surface area contributed by atoms with E-state index in [0.717, 1.165) is 22.3 Å². The summed E-state index contributed by atoms with van der Waals surface area (Å²) in [5, 5.41) is 11.0. The van der Waals surface area contributed by atoms with Crippen LogP contribution < -0.4 is 14.2 Å². The third-order valence-corrected chi connectivity index (χ3v) is 6.19. The summed E-state index contributed by atoms with van der Waals surface area (Å²) < 4.78 is 16.0. The van der Waals surface area contributed by atoms with E-state index < -0.39 is 6.04 Å². The first-order chi connectivity index (χ1) is 16.5. The SMILES string of the molecule is COc1ccc(C2=C(O)C(=O)N(CCc3ccc(OC)c(OC)c3)[C@H]2c2ccc(C)cc2)cc1. The first kappa shape index (κ1) is 23.2. The maximum absolute atomic E-state index is 13.3. The minimum Gasteiger partial charge on any atom is -0.503 e. The summed E-state index contributed by atoms with van der Waals surface area (Å²) in [6, 6.07) is 20.8. The Kier molecular flexibility index (Phi) is 6.77. The molecule has 34 heavy (non-hydrogen) atoms. The number of nitrogens with zero attached hydrogens (tertiary/aromatic N) is 1. The average molecular weight is 460 g/mol. The molecule has 1 aliphatic rings. The summed E-state index contributed by atoms with van der Waals surface area (Å²) in [5.41, 5.74) is 4.46. The number of amides is 1. The predicted octanol–water partition coefficient (Wildman–Crippen LogP) is 5.12. The molecule has 0 unspecified atom stereocenters. The standard InChI is InChI=1S/C28H29NO5/c1-18-5-8-21(9-6-18)26-25(20-10-12-22(32-2)13-11-20)27(30)28(31)29(26)16-15-19-7-14-23(33-3)24(17-19)34-4/h5-14,17,26,30H,15-16H2,1-4H3/t26-/m0/s1. The zero-order chi connectivity index (χ0) is 24.2. The van der Waals surface area contributed by atoms with Crippen molar-refractivity contribution in [3.63, 3.8) is 0 Å². The van der Waals surface area contributed by atoms with Crippen molar-refractivity contribution in [2.45, 2.75) is 19.4 Å². The molecule has 6 nitrogen and oxygen atoms in total. The highest BCUT2D eigenvalue weighted by atomic mass is 16.5. The van der Waals surface area contributed by atoms with E-state index >= 15 is 0 Å². The summed E-state index contributed by atoms with van der Waals surface area (Å²) in [6.45, 7) is 2.45. The number of aryl methyl sites for hydroxylation is 1. The Bertz CT molecular complexity index is 1200. The van der Waals surface area contributed by atoms with Gasteiger partial charge in [0.25, 0.3) is 5.91 Å². The molecular formula is C28H29NO5. The van der Waals surface area contributed by atoms with Crippen molar-refractivity contribution in [2.24, 2.45) is 0 Å². The van der Waals surface area contributed by atoms with Crippen LogP contribution in [0.1, 0.15) is 28.3 Å². The highest BCUT2D eigenvalue weighted by molar-refractivity contribution is 6.05. The fourth-order valence-electron chi connectivity index (χ4n) is 4.33. The molecule has 0 aliphatic carbocycles. The van der Waals surface area contributed by atoms with Gasteiger partial charge < -0.3 is 24.2 Å². The molecule has 176 valence electrons. The van der Waals surface area contributed by atoms with Crippen LogP contribution in [0.4, 0.5) is 0 Å². The fourth-order valence-corrected chi connectivity index (χ4v) is 4.33. The molecule has 3 aromatic rings. The van der Waals surface area contributed by atoms with Crippen molar-refractivity contribution < 1.29 is 24.1 Å². The van der Waals surface area contributed by atoms with Crippen molar-refractivity contribution in [1.82, 2.24) is 4.90 Å².